The molecule has 0 saturated carbocycles. The molecule has 0 atom stereocenters. The fraction of sp³-hybridized carbons (Fsp3) is 0.643. The zero-order valence-electron chi connectivity index (χ0n) is 13.2. The molecule has 3 rings (SSSR count). The number of aryl methyl sites for hydroxylation is 1. The van der Waals surface area contributed by atoms with E-state index in [0.717, 1.165) is 17.7 Å². The summed E-state index contributed by atoms with van der Waals surface area (Å²) < 4.78 is 5.18. The Bertz CT molecular complexity index is 635. The van der Waals surface area contributed by atoms with Crippen molar-refractivity contribution < 1.29 is 18.9 Å². The molecule has 2 aliphatic heterocycles. The van der Waals surface area contributed by atoms with Gasteiger partial charge in [0.1, 0.15) is 13.1 Å². The van der Waals surface area contributed by atoms with Gasteiger partial charge in [-0.1, -0.05) is 5.16 Å². The van der Waals surface area contributed by atoms with Crippen LogP contribution in [0, 0.1) is 6.92 Å². The lowest BCUT2D eigenvalue weighted by molar-refractivity contribution is -0.137. The van der Waals surface area contributed by atoms with E-state index in [1.165, 1.54) is 4.90 Å². The highest BCUT2D eigenvalue weighted by Crippen LogP contribution is 2.26. The largest absolute Gasteiger partial charge is 0.341 e. The second kappa shape index (κ2) is 5.98. The average Bonchev–Trinajstić information content (AvgIpc) is 3.06. The Balaban J connectivity index is 1.54. The first-order chi connectivity index (χ1) is 11.0. The van der Waals surface area contributed by atoms with Gasteiger partial charge in [0.25, 0.3) is 5.91 Å². The zero-order chi connectivity index (χ0) is 16.6. The Kier molecular flexibility index (Phi) is 4.01. The maximum Gasteiger partial charge on any atom is 0.327 e. The van der Waals surface area contributed by atoms with Crippen LogP contribution in [-0.2, 0) is 9.59 Å². The number of piperidine rings is 1. The summed E-state index contributed by atoms with van der Waals surface area (Å²) in [6.07, 6.45) is 1.46. The summed E-state index contributed by atoms with van der Waals surface area (Å²) in [6.45, 7) is 2.72. The van der Waals surface area contributed by atoms with E-state index in [-0.39, 0.29) is 30.8 Å². The molecule has 2 saturated heterocycles. The van der Waals surface area contributed by atoms with Crippen LogP contribution in [0.1, 0.15) is 30.5 Å². The molecule has 0 aliphatic carbocycles. The van der Waals surface area contributed by atoms with Crippen LogP contribution in [0.5, 0.6) is 0 Å². The van der Waals surface area contributed by atoms with E-state index >= 15 is 0 Å². The van der Waals surface area contributed by atoms with Gasteiger partial charge in [0.2, 0.25) is 11.8 Å². The van der Waals surface area contributed by atoms with Gasteiger partial charge in [-0.05, 0) is 19.8 Å². The van der Waals surface area contributed by atoms with E-state index in [4.69, 9.17) is 4.52 Å². The van der Waals surface area contributed by atoms with E-state index in [9.17, 15) is 14.4 Å². The number of imide groups is 1. The summed E-state index contributed by atoms with van der Waals surface area (Å²) in [5.74, 6) is 0.834. The normalized spacial score (nSPS) is 19.8. The number of likely N-dealkylation sites (N-methyl/N-ethyl adjacent to an activating group) is 1. The number of hydrogen-bond donors (Lipinski definition) is 0. The van der Waals surface area contributed by atoms with Crippen LogP contribution in [0.2, 0.25) is 0 Å². The maximum absolute atomic E-state index is 12.3. The van der Waals surface area contributed by atoms with Crippen molar-refractivity contribution in [3.05, 3.63) is 11.7 Å². The third kappa shape index (κ3) is 3.03. The molecule has 0 radical (unpaired) electrons. The van der Waals surface area contributed by atoms with Crippen LogP contribution in [0.15, 0.2) is 4.52 Å². The van der Waals surface area contributed by atoms with E-state index < -0.39 is 6.03 Å². The predicted molar refractivity (Wildman–Crippen MR) is 77.3 cm³/mol. The van der Waals surface area contributed by atoms with E-state index in [2.05, 4.69) is 10.1 Å². The van der Waals surface area contributed by atoms with E-state index in [1.807, 2.05) is 0 Å². The standard InChI is InChI=1S/C14H19N5O4/c1-9-15-13(23-16-9)10-3-5-18(6-4-10)11(20)8-19-12(21)7-17(2)14(19)22/h10H,3-8H2,1-2H3. The molecule has 0 N–H and O–H groups in total. The van der Waals surface area contributed by atoms with E-state index in [0.29, 0.717) is 24.8 Å². The number of carbonyl (C=O) groups is 3. The minimum Gasteiger partial charge on any atom is -0.341 e. The van der Waals surface area contributed by atoms with Crippen molar-refractivity contribution >= 4 is 17.8 Å². The molecule has 2 aliphatic rings. The summed E-state index contributed by atoms with van der Waals surface area (Å²) in [5, 5.41) is 3.79. The molecule has 9 heteroatoms. The van der Waals surface area contributed by atoms with Gasteiger partial charge in [0.15, 0.2) is 5.82 Å². The third-order valence-electron chi connectivity index (χ3n) is 4.26. The SMILES string of the molecule is Cc1noc(C2CCN(C(=O)CN3C(=O)CN(C)C3=O)CC2)n1. The Morgan fingerprint density at radius 2 is 2.00 bits per heavy atom. The minimum atomic E-state index is -0.417. The fourth-order valence-corrected chi connectivity index (χ4v) is 2.91. The molecule has 0 aromatic carbocycles. The Morgan fingerprint density at radius 1 is 1.30 bits per heavy atom. The second-order valence-electron chi connectivity index (χ2n) is 5.95. The van der Waals surface area contributed by atoms with Crippen molar-refractivity contribution in [2.45, 2.75) is 25.7 Å². The van der Waals surface area contributed by atoms with Crippen LogP contribution in [0.4, 0.5) is 4.79 Å². The topological polar surface area (TPSA) is 99.9 Å². The van der Waals surface area contributed by atoms with Crippen molar-refractivity contribution in [2.75, 3.05) is 33.2 Å². The van der Waals surface area contributed by atoms with Crippen molar-refractivity contribution in [1.82, 2.24) is 24.8 Å². The first-order valence-electron chi connectivity index (χ1n) is 7.59. The number of aromatic nitrogens is 2. The highest BCUT2D eigenvalue weighted by molar-refractivity contribution is 6.04. The van der Waals surface area contributed by atoms with Crippen molar-refractivity contribution in [1.29, 1.82) is 0 Å². The summed E-state index contributed by atoms with van der Waals surface area (Å²) in [5.41, 5.74) is 0. The number of nitrogens with zero attached hydrogens (tertiary/aromatic N) is 5. The van der Waals surface area contributed by atoms with Crippen LogP contribution < -0.4 is 0 Å². The maximum atomic E-state index is 12.3. The van der Waals surface area contributed by atoms with Crippen LogP contribution in [0.3, 0.4) is 0 Å². The molecule has 124 valence electrons. The monoisotopic (exact) mass is 321 g/mol. The van der Waals surface area contributed by atoms with Gasteiger partial charge in [-0.3, -0.25) is 14.5 Å². The number of urea groups is 1. The van der Waals surface area contributed by atoms with Gasteiger partial charge >= 0.3 is 6.03 Å². The fourth-order valence-electron chi connectivity index (χ4n) is 2.91. The summed E-state index contributed by atoms with van der Waals surface area (Å²) in [7, 11) is 1.54. The molecular weight excluding hydrogens is 302 g/mol. The minimum absolute atomic E-state index is 0.0324. The summed E-state index contributed by atoms with van der Waals surface area (Å²) in [6, 6.07) is -0.417. The smallest absolute Gasteiger partial charge is 0.327 e. The molecule has 3 heterocycles. The molecule has 1 aromatic rings. The van der Waals surface area contributed by atoms with Gasteiger partial charge in [0, 0.05) is 26.1 Å². The van der Waals surface area contributed by atoms with Crippen molar-refractivity contribution in [2.24, 2.45) is 0 Å². The summed E-state index contributed by atoms with van der Waals surface area (Å²) in [4.78, 5) is 44.1. The number of rotatable bonds is 3. The van der Waals surface area contributed by atoms with Gasteiger partial charge in [-0.2, -0.15) is 4.98 Å². The van der Waals surface area contributed by atoms with Crippen molar-refractivity contribution in [3.63, 3.8) is 0 Å². The van der Waals surface area contributed by atoms with E-state index in [1.54, 1.807) is 18.9 Å². The molecule has 0 spiro atoms. The lowest BCUT2D eigenvalue weighted by atomic mass is 9.96. The first kappa shape index (κ1) is 15.4. The van der Waals surface area contributed by atoms with Gasteiger partial charge < -0.3 is 14.3 Å². The lowest BCUT2D eigenvalue weighted by Gasteiger charge is -2.31. The molecule has 0 unspecified atom stereocenters. The highest BCUT2D eigenvalue weighted by atomic mass is 16.5. The molecular formula is C14H19N5O4. The van der Waals surface area contributed by atoms with Crippen molar-refractivity contribution in [3.8, 4) is 0 Å². The number of hydrogen-bond acceptors (Lipinski definition) is 6. The number of carbonyl (C=O) groups excluding carboxylic acids is 3. The first-order valence-corrected chi connectivity index (χ1v) is 7.59. The molecule has 4 amide bonds. The van der Waals surface area contributed by atoms with Crippen LogP contribution >= 0.6 is 0 Å². The third-order valence-corrected chi connectivity index (χ3v) is 4.26. The molecule has 9 nitrogen and oxygen atoms in total. The Morgan fingerprint density at radius 3 is 2.52 bits per heavy atom. The van der Waals surface area contributed by atoms with Gasteiger partial charge in [-0.15, -0.1) is 0 Å². The lowest BCUT2D eigenvalue weighted by Crippen LogP contribution is -2.45. The van der Waals surface area contributed by atoms with Crippen LogP contribution in [0.25, 0.3) is 0 Å². The number of likely N-dealkylation sites (tertiary alicyclic amines) is 1. The average molecular weight is 321 g/mol. The Hall–Kier alpha value is -2.45. The quantitative estimate of drug-likeness (QED) is 0.725. The summed E-state index contributed by atoms with van der Waals surface area (Å²) >= 11 is 0. The second-order valence-corrected chi connectivity index (χ2v) is 5.95. The van der Waals surface area contributed by atoms with Gasteiger partial charge in [0.05, 0.1) is 0 Å². The highest BCUT2D eigenvalue weighted by Gasteiger charge is 2.36. The predicted octanol–water partition coefficient (Wildman–Crippen LogP) is -0.0220. The number of amides is 4. The van der Waals surface area contributed by atoms with Crippen LogP contribution in [-0.4, -0.2) is 75.9 Å². The Labute approximate surface area is 133 Å². The molecule has 2 fully saturated rings. The van der Waals surface area contributed by atoms with Gasteiger partial charge in [-0.25, -0.2) is 4.79 Å². The molecule has 0 bridgehead atoms. The zero-order valence-corrected chi connectivity index (χ0v) is 13.2. The molecule has 1 aromatic heterocycles. The molecule has 23 heavy (non-hydrogen) atoms.